The highest BCUT2D eigenvalue weighted by Crippen LogP contribution is 2.26. The highest BCUT2D eigenvalue weighted by molar-refractivity contribution is 6.42. The summed E-state index contributed by atoms with van der Waals surface area (Å²) in [6.45, 7) is 3.22. The number of amides is 1. The van der Waals surface area contributed by atoms with Gasteiger partial charge in [-0.15, -0.1) is 0 Å². The monoisotopic (exact) mass is 377 g/mol. The number of morpholine rings is 1. The van der Waals surface area contributed by atoms with Gasteiger partial charge in [-0.3, -0.25) is 9.59 Å². The normalized spacial score (nSPS) is 14.1. The van der Waals surface area contributed by atoms with Crippen molar-refractivity contribution in [1.29, 1.82) is 0 Å². The summed E-state index contributed by atoms with van der Waals surface area (Å²) >= 11 is 0. The second-order valence-corrected chi connectivity index (χ2v) is 6.42. The minimum Gasteiger partial charge on any atom is -0.378 e. The van der Waals surface area contributed by atoms with Crippen molar-refractivity contribution >= 4 is 39.8 Å². The number of ketones is 1. The van der Waals surface area contributed by atoms with Gasteiger partial charge in [0.2, 0.25) is 5.78 Å². The Kier molecular flexibility index (Phi) is 4.86. The number of nitrogens with zero attached hydrogens (tertiary/aromatic N) is 3. The summed E-state index contributed by atoms with van der Waals surface area (Å²) in [5.74, 6) is -1.20. The molecule has 1 aliphatic rings. The highest BCUT2D eigenvalue weighted by Gasteiger charge is 2.15. The number of fused-ring (bicyclic) bond motifs is 1. The maximum atomic E-state index is 11.9. The molecule has 4 rings (SSSR count). The average molecular weight is 377 g/mol. The summed E-state index contributed by atoms with van der Waals surface area (Å²) in [5.41, 5.74) is 7.95. The third-order valence-electron chi connectivity index (χ3n) is 4.63. The first-order valence-electron chi connectivity index (χ1n) is 8.90. The Morgan fingerprint density at radius 3 is 2.50 bits per heavy atom. The standard InChI is InChI=1S/C20H19N5O3/c21-19(27)18(26)13-1-6-17-16(11-13)20(23-12-22-17)24-14-2-4-15(5-3-14)25-7-9-28-10-8-25/h1-6,11-12H,7-10H2,(H2,21,27)(H,22,23,24). The predicted molar refractivity (Wildman–Crippen MR) is 106 cm³/mol. The molecule has 0 atom stereocenters. The number of carbonyl (C=O) groups excluding carboxylic acids is 2. The Morgan fingerprint density at radius 2 is 1.79 bits per heavy atom. The van der Waals surface area contributed by atoms with Crippen molar-refractivity contribution in [3.63, 3.8) is 0 Å². The molecule has 3 N–H and O–H groups in total. The van der Waals surface area contributed by atoms with Gasteiger partial charge in [-0.1, -0.05) is 0 Å². The molecule has 3 aromatic rings. The molecule has 1 aromatic heterocycles. The minimum atomic E-state index is -0.996. The van der Waals surface area contributed by atoms with E-state index in [0.717, 1.165) is 37.7 Å². The zero-order chi connectivity index (χ0) is 19.5. The van der Waals surface area contributed by atoms with E-state index in [1.165, 1.54) is 12.4 Å². The fourth-order valence-corrected chi connectivity index (χ4v) is 3.15. The lowest BCUT2D eigenvalue weighted by Crippen LogP contribution is -2.36. The molecular weight excluding hydrogens is 358 g/mol. The number of aromatic nitrogens is 2. The number of carbonyl (C=O) groups is 2. The molecular formula is C20H19N5O3. The molecule has 142 valence electrons. The van der Waals surface area contributed by atoms with E-state index in [0.29, 0.717) is 16.7 Å². The van der Waals surface area contributed by atoms with E-state index in [4.69, 9.17) is 10.5 Å². The molecule has 0 bridgehead atoms. The number of benzene rings is 2. The molecule has 28 heavy (non-hydrogen) atoms. The lowest BCUT2D eigenvalue weighted by atomic mass is 10.1. The van der Waals surface area contributed by atoms with Crippen molar-refractivity contribution in [2.75, 3.05) is 36.5 Å². The van der Waals surface area contributed by atoms with Crippen LogP contribution in [0.5, 0.6) is 0 Å². The van der Waals surface area contributed by atoms with Crippen molar-refractivity contribution in [2.24, 2.45) is 5.73 Å². The summed E-state index contributed by atoms with van der Waals surface area (Å²) < 4.78 is 5.38. The van der Waals surface area contributed by atoms with Gasteiger partial charge in [0.15, 0.2) is 0 Å². The Hall–Kier alpha value is -3.52. The van der Waals surface area contributed by atoms with Crippen molar-refractivity contribution in [1.82, 2.24) is 9.97 Å². The third kappa shape index (κ3) is 3.63. The Labute approximate surface area is 161 Å². The van der Waals surface area contributed by atoms with Crippen LogP contribution in [0.2, 0.25) is 0 Å². The molecule has 1 aliphatic heterocycles. The number of Topliss-reactive ketones (excluding diaryl/α,β-unsaturated/α-hetero) is 1. The lowest BCUT2D eigenvalue weighted by Gasteiger charge is -2.28. The number of nitrogens with one attached hydrogen (secondary N) is 1. The summed E-state index contributed by atoms with van der Waals surface area (Å²) in [6, 6.07) is 12.8. The fraction of sp³-hybridized carbons (Fsp3) is 0.200. The number of primary amides is 1. The van der Waals surface area contributed by atoms with E-state index in [9.17, 15) is 9.59 Å². The third-order valence-corrected chi connectivity index (χ3v) is 4.63. The number of rotatable bonds is 5. The first-order valence-corrected chi connectivity index (χ1v) is 8.90. The molecule has 1 amide bonds. The van der Waals surface area contributed by atoms with Crippen LogP contribution in [0.1, 0.15) is 10.4 Å². The molecule has 1 fully saturated rings. The van der Waals surface area contributed by atoms with Gasteiger partial charge in [0.1, 0.15) is 12.1 Å². The van der Waals surface area contributed by atoms with Crippen LogP contribution < -0.4 is 16.0 Å². The summed E-state index contributed by atoms with van der Waals surface area (Å²) in [6.07, 6.45) is 1.45. The van der Waals surface area contributed by atoms with Gasteiger partial charge in [0, 0.05) is 35.4 Å². The molecule has 0 aliphatic carbocycles. The number of hydrogen-bond acceptors (Lipinski definition) is 7. The van der Waals surface area contributed by atoms with Crippen LogP contribution in [-0.2, 0) is 9.53 Å². The van der Waals surface area contributed by atoms with Crippen molar-refractivity contribution in [3.8, 4) is 0 Å². The largest absolute Gasteiger partial charge is 0.378 e. The van der Waals surface area contributed by atoms with E-state index >= 15 is 0 Å². The van der Waals surface area contributed by atoms with E-state index in [2.05, 4.69) is 20.2 Å². The Balaban J connectivity index is 1.61. The number of hydrogen-bond donors (Lipinski definition) is 2. The maximum Gasteiger partial charge on any atom is 0.289 e. The number of anilines is 3. The quantitative estimate of drug-likeness (QED) is 0.516. The van der Waals surface area contributed by atoms with E-state index in [1.807, 2.05) is 24.3 Å². The van der Waals surface area contributed by atoms with Crippen LogP contribution in [0.15, 0.2) is 48.8 Å². The lowest BCUT2D eigenvalue weighted by molar-refractivity contribution is -0.114. The smallest absolute Gasteiger partial charge is 0.289 e. The first-order chi connectivity index (χ1) is 13.6. The summed E-state index contributed by atoms with van der Waals surface area (Å²) in [7, 11) is 0. The van der Waals surface area contributed by atoms with Gasteiger partial charge >= 0.3 is 0 Å². The second kappa shape index (κ2) is 7.61. The van der Waals surface area contributed by atoms with Gasteiger partial charge in [0.25, 0.3) is 5.91 Å². The number of nitrogens with two attached hydrogens (primary N) is 1. The molecule has 0 saturated carbocycles. The molecule has 0 radical (unpaired) electrons. The molecule has 8 heteroatoms. The summed E-state index contributed by atoms with van der Waals surface area (Å²) in [4.78, 5) is 33.8. The molecule has 0 spiro atoms. The van der Waals surface area contributed by atoms with E-state index < -0.39 is 11.7 Å². The molecule has 0 unspecified atom stereocenters. The van der Waals surface area contributed by atoms with E-state index in [1.54, 1.807) is 12.1 Å². The Morgan fingerprint density at radius 1 is 1.04 bits per heavy atom. The summed E-state index contributed by atoms with van der Waals surface area (Å²) in [5, 5.41) is 3.88. The van der Waals surface area contributed by atoms with Crippen LogP contribution in [0.25, 0.3) is 10.9 Å². The Bertz CT molecular complexity index is 1030. The van der Waals surface area contributed by atoms with Crippen LogP contribution in [0, 0.1) is 0 Å². The first kappa shape index (κ1) is 17.9. The van der Waals surface area contributed by atoms with Crippen LogP contribution in [0.3, 0.4) is 0 Å². The highest BCUT2D eigenvalue weighted by atomic mass is 16.5. The topological polar surface area (TPSA) is 110 Å². The number of ether oxygens (including phenoxy) is 1. The van der Waals surface area contributed by atoms with Gasteiger partial charge in [-0.25, -0.2) is 9.97 Å². The minimum absolute atomic E-state index is 0.209. The molecule has 2 heterocycles. The van der Waals surface area contributed by atoms with Crippen molar-refractivity contribution in [3.05, 3.63) is 54.4 Å². The van der Waals surface area contributed by atoms with Gasteiger partial charge in [-0.2, -0.15) is 0 Å². The molecule has 8 nitrogen and oxygen atoms in total. The van der Waals surface area contributed by atoms with Crippen LogP contribution in [0.4, 0.5) is 17.2 Å². The van der Waals surface area contributed by atoms with E-state index in [-0.39, 0.29) is 5.56 Å². The SMILES string of the molecule is NC(=O)C(=O)c1ccc2ncnc(Nc3ccc(N4CCOCC4)cc3)c2c1. The zero-order valence-electron chi connectivity index (χ0n) is 15.1. The molecule has 1 saturated heterocycles. The second-order valence-electron chi connectivity index (χ2n) is 6.42. The predicted octanol–water partition coefficient (Wildman–Crippen LogP) is 1.88. The van der Waals surface area contributed by atoms with Gasteiger partial charge in [-0.05, 0) is 42.5 Å². The van der Waals surface area contributed by atoms with Crippen LogP contribution in [-0.4, -0.2) is 48.0 Å². The zero-order valence-corrected chi connectivity index (χ0v) is 15.1. The van der Waals surface area contributed by atoms with Crippen LogP contribution >= 0.6 is 0 Å². The van der Waals surface area contributed by atoms with Crippen molar-refractivity contribution in [2.45, 2.75) is 0 Å². The fourth-order valence-electron chi connectivity index (χ4n) is 3.15. The van der Waals surface area contributed by atoms with Gasteiger partial charge < -0.3 is 20.7 Å². The molecule has 2 aromatic carbocycles. The average Bonchev–Trinajstić information content (AvgIpc) is 2.74. The van der Waals surface area contributed by atoms with Gasteiger partial charge in [0.05, 0.1) is 18.7 Å². The van der Waals surface area contributed by atoms with Crippen molar-refractivity contribution < 1.29 is 14.3 Å². The maximum absolute atomic E-state index is 11.9.